The molecule has 0 amide bonds. The Labute approximate surface area is 132 Å². The van der Waals surface area contributed by atoms with Gasteiger partial charge in [0.15, 0.2) is 0 Å². The number of benzene rings is 1. The normalized spacial score (nSPS) is 15.1. The maximum atomic E-state index is 5.45. The Morgan fingerprint density at radius 3 is 2.78 bits per heavy atom. The van der Waals surface area contributed by atoms with Gasteiger partial charge < -0.3 is 18.9 Å². The average molecular weight is 312 g/mol. The SMILES string of the molecule is COc1ccccc1-c1noc2ncnc(N3CCOCC3)c12. The summed E-state index contributed by atoms with van der Waals surface area (Å²) in [4.78, 5) is 10.8. The predicted octanol–water partition coefficient (Wildman–Crippen LogP) is 2.13. The number of hydrogen-bond donors (Lipinski definition) is 0. The van der Waals surface area contributed by atoms with Gasteiger partial charge in [0.05, 0.1) is 20.3 Å². The molecule has 0 unspecified atom stereocenters. The zero-order valence-corrected chi connectivity index (χ0v) is 12.7. The van der Waals surface area contributed by atoms with Crippen LogP contribution in [0.4, 0.5) is 5.82 Å². The zero-order chi connectivity index (χ0) is 15.6. The molecule has 3 aromatic rings. The van der Waals surface area contributed by atoms with Crippen molar-refractivity contribution >= 4 is 16.9 Å². The number of rotatable bonds is 3. The van der Waals surface area contributed by atoms with Crippen LogP contribution in [0.5, 0.6) is 5.75 Å². The summed E-state index contributed by atoms with van der Waals surface area (Å²) in [6.45, 7) is 2.92. The van der Waals surface area contributed by atoms with Crippen LogP contribution in [0.15, 0.2) is 35.1 Å². The fraction of sp³-hybridized carbons (Fsp3) is 0.312. The highest BCUT2D eigenvalue weighted by molar-refractivity contribution is 5.99. The van der Waals surface area contributed by atoms with Gasteiger partial charge in [-0.3, -0.25) is 0 Å². The highest BCUT2D eigenvalue weighted by atomic mass is 16.5. The van der Waals surface area contributed by atoms with E-state index in [4.69, 9.17) is 14.0 Å². The topological polar surface area (TPSA) is 73.5 Å². The van der Waals surface area contributed by atoms with Crippen molar-refractivity contribution in [1.82, 2.24) is 15.1 Å². The van der Waals surface area contributed by atoms with Gasteiger partial charge in [-0.25, -0.2) is 4.98 Å². The Hall–Kier alpha value is -2.67. The third kappa shape index (κ3) is 2.39. The lowest BCUT2D eigenvalue weighted by Crippen LogP contribution is -2.36. The van der Waals surface area contributed by atoms with Crippen molar-refractivity contribution < 1.29 is 14.0 Å². The van der Waals surface area contributed by atoms with E-state index in [-0.39, 0.29) is 0 Å². The van der Waals surface area contributed by atoms with Gasteiger partial charge in [0.2, 0.25) is 0 Å². The number of methoxy groups -OCH3 is 1. The second kappa shape index (κ2) is 5.85. The molecule has 0 N–H and O–H groups in total. The molecule has 0 bridgehead atoms. The van der Waals surface area contributed by atoms with Crippen LogP contribution in [0.25, 0.3) is 22.4 Å². The first kappa shape index (κ1) is 14.0. The summed E-state index contributed by atoms with van der Waals surface area (Å²) in [5.74, 6) is 1.56. The summed E-state index contributed by atoms with van der Waals surface area (Å²) in [5.41, 5.74) is 2.03. The molecule has 2 aromatic heterocycles. The Morgan fingerprint density at radius 2 is 1.96 bits per heavy atom. The highest BCUT2D eigenvalue weighted by Gasteiger charge is 2.23. The Morgan fingerprint density at radius 1 is 1.13 bits per heavy atom. The van der Waals surface area contributed by atoms with E-state index in [1.54, 1.807) is 7.11 Å². The van der Waals surface area contributed by atoms with Crippen molar-refractivity contribution in [3.05, 3.63) is 30.6 Å². The molecule has 4 rings (SSSR count). The number of anilines is 1. The molecule has 1 aliphatic heterocycles. The lowest BCUT2D eigenvalue weighted by Gasteiger charge is -2.28. The second-order valence-electron chi connectivity index (χ2n) is 5.21. The van der Waals surface area contributed by atoms with Crippen molar-refractivity contribution in [1.29, 1.82) is 0 Å². The van der Waals surface area contributed by atoms with Crippen LogP contribution in [0.3, 0.4) is 0 Å². The maximum Gasteiger partial charge on any atom is 0.263 e. The molecule has 0 radical (unpaired) electrons. The van der Waals surface area contributed by atoms with Crippen molar-refractivity contribution in [2.75, 3.05) is 38.3 Å². The number of morpholine rings is 1. The Kier molecular flexibility index (Phi) is 3.55. The predicted molar refractivity (Wildman–Crippen MR) is 84.6 cm³/mol. The molecule has 1 saturated heterocycles. The van der Waals surface area contributed by atoms with E-state index in [1.807, 2.05) is 24.3 Å². The first-order valence-corrected chi connectivity index (χ1v) is 7.45. The van der Waals surface area contributed by atoms with Gasteiger partial charge in [-0.05, 0) is 12.1 Å². The molecule has 7 heteroatoms. The summed E-state index contributed by atoms with van der Waals surface area (Å²) in [6, 6.07) is 7.71. The van der Waals surface area contributed by atoms with Crippen molar-refractivity contribution in [3.63, 3.8) is 0 Å². The maximum absolute atomic E-state index is 5.45. The summed E-state index contributed by atoms with van der Waals surface area (Å²) in [5, 5.41) is 5.02. The summed E-state index contributed by atoms with van der Waals surface area (Å²) >= 11 is 0. The van der Waals surface area contributed by atoms with Gasteiger partial charge in [0.25, 0.3) is 5.71 Å². The molecular weight excluding hydrogens is 296 g/mol. The van der Waals surface area contributed by atoms with Gasteiger partial charge in [-0.2, -0.15) is 4.98 Å². The molecule has 0 spiro atoms. The summed E-state index contributed by atoms with van der Waals surface area (Å²) in [6.07, 6.45) is 1.50. The molecule has 23 heavy (non-hydrogen) atoms. The standard InChI is InChI=1S/C16H16N4O3/c1-21-12-5-3-2-4-11(12)14-13-15(20-6-8-22-9-7-20)17-10-18-16(13)23-19-14/h2-5,10H,6-9H2,1H3. The van der Waals surface area contributed by atoms with Gasteiger partial charge >= 0.3 is 0 Å². The number of ether oxygens (including phenoxy) is 2. The second-order valence-corrected chi connectivity index (χ2v) is 5.21. The van der Waals surface area contributed by atoms with Gasteiger partial charge in [-0.15, -0.1) is 0 Å². The van der Waals surface area contributed by atoms with Crippen LogP contribution < -0.4 is 9.64 Å². The molecule has 1 fully saturated rings. The lowest BCUT2D eigenvalue weighted by atomic mass is 10.1. The molecular formula is C16H16N4O3. The van der Waals surface area contributed by atoms with E-state index in [2.05, 4.69) is 20.0 Å². The number of para-hydroxylation sites is 1. The largest absolute Gasteiger partial charge is 0.496 e. The third-order valence-electron chi connectivity index (χ3n) is 3.93. The summed E-state index contributed by atoms with van der Waals surface area (Å²) in [7, 11) is 1.64. The van der Waals surface area contributed by atoms with Crippen LogP contribution in [-0.4, -0.2) is 48.5 Å². The van der Waals surface area contributed by atoms with E-state index in [0.717, 1.165) is 35.6 Å². The van der Waals surface area contributed by atoms with Crippen LogP contribution in [0.1, 0.15) is 0 Å². The van der Waals surface area contributed by atoms with E-state index in [0.29, 0.717) is 24.6 Å². The van der Waals surface area contributed by atoms with Crippen LogP contribution in [0.2, 0.25) is 0 Å². The monoisotopic (exact) mass is 312 g/mol. The minimum atomic E-state index is 0.474. The molecule has 0 aliphatic carbocycles. The number of nitrogens with zero attached hydrogens (tertiary/aromatic N) is 4. The first-order chi connectivity index (χ1) is 11.4. The minimum absolute atomic E-state index is 0.474. The average Bonchev–Trinajstić information content (AvgIpc) is 3.06. The first-order valence-electron chi connectivity index (χ1n) is 7.45. The molecule has 1 aromatic carbocycles. The molecule has 0 saturated carbocycles. The fourth-order valence-electron chi connectivity index (χ4n) is 2.81. The quantitative estimate of drug-likeness (QED) is 0.733. The summed E-state index contributed by atoms with van der Waals surface area (Å²) < 4.78 is 16.3. The Balaban J connectivity index is 1.91. The molecule has 118 valence electrons. The van der Waals surface area contributed by atoms with Gasteiger partial charge in [-0.1, -0.05) is 17.3 Å². The number of hydrogen-bond acceptors (Lipinski definition) is 7. The highest BCUT2D eigenvalue weighted by Crippen LogP contribution is 2.37. The van der Waals surface area contributed by atoms with Crippen molar-refractivity contribution in [3.8, 4) is 17.0 Å². The van der Waals surface area contributed by atoms with E-state index in [9.17, 15) is 0 Å². The van der Waals surface area contributed by atoms with Gasteiger partial charge in [0, 0.05) is 18.7 Å². The van der Waals surface area contributed by atoms with E-state index in [1.165, 1.54) is 6.33 Å². The molecule has 7 nitrogen and oxygen atoms in total. The number of aromatic nitrogens is 3. The zero-order valence-electron chi connectivity index (χ0n) is 12.7. The third-order valence-corrected chi connectivity index (χ3v) is 3.93. The van der Waals surface area contributed by atoms with Crippen LogP contribution in [0, 0.1) is 0 Å². The number of fused-ring (bicyclic) bond motifs is 1. The molecule has 3 heterocycles. The van der Waals surface area contributed by atoms with Gasteiger partial charge in [0.1, 0.15) is 29.0 Å². The lowest BCUT2D eigenvalue weighted by molar-refractivity contribution is 0.122. The Bertz CT molecular complexity index is 827. The van der Waals surface area contributed by atoms with Crippen LogP contribution >= 0.6 is 0 Å². The molecule has 1 aliphatic rings. The van der Waals surface area contributed by atoms with Crippen LogP contribution in [-0.2, 0) is 4.74 Å². The van der Waals surface area contributed by atoms with E-state index < -0.39 is 0 Å². The van der Waals surface area contributed by atoms with E-state index >= 15 is 0 Å². The van der Waals surface area contributed by atoms with Crippen molar-refractivity contribution in [2.45, 2.75) is 0 Å². The van der Waals surface area contributed by atoms with Crippen molar-refractivity contribution in [2.24, 2.45) is 0 Å². The minimum Gasteiger partial charge on any atom is -0.496 e. The molecule has 0 atom stereocenters. The smallest absolute Gasteiger partial charge is 0.263 e. The fourth-order valence-corrected chi connectivity index (χ4v) is 2.81.